The Morgan fingerprint density at radius 3 is 1.08 bits per heavy atom. The van der Waals surface area contributed by atoms with Crippen LogP contribution in [-0.2, 0) is 0 Å². The molecule has 2 rings (SSSR count). The van der Waals surface area contributed by atoms with E-state index in [2.05, 4.69) is 0 Å². The van der Waals surface area contributed by atoms with Crippen LogP contribution in [-0.4, -0.2) is 41.0 Å². The molecule has 0 atom stereocenters. The lowest BCUT2D eigenvalue weighted by atomic mass is 10.1. The predicted molar refractivity (Wildman–Crippen MR) is 89.9 cm³/mol. The molecular formula is C18H18O7. The van der Waals surface area contributed by atoms with Gasteiger partial charge in [0, 0.05) is 24.3 Å². The van der Waals surface area contributed by atoms with Crippen molar-refractivity contribution in [2.45, 2.75) is 0 Å². The number of rotatable bonds is 8. The Morgan fingerprint density at radius 1 is 0.600 bits per heavy atom. The number of ether oxygens (including phenoxy) is 5. The van der Waals surface area contributed by atoms with Gasteiger partial charge in [-0.05, 0) is 0 Å². The van der Waals surface area contributed by atoms with Crippen LogP contribution in [0.1, 0.15) is 20.7 Å². The van der Waals surface area contributed by atoms with Crippen LogP contribution in [0, 0.1) is 0 Å². The van der Waals surface area contributed by atoms with E-state index in [4.69, 9.17) is 23.7 Å². The quantitative estimate of drug-likeness (QED) is 0.679. The van der Waals surface area contributed by atoms with Crippen LogP contribution in [0.5, 0.6) is 34.5 Å². The number of benzene rings is 2. The molecule has 7 nitrogen and oxygen atoms in total. The summed E-state index contributed by atoms with van der Waals surface area (Å²) in [4.78, 5) is 22.4. The maximum absolute atomic E-state index is 11.2. The Balaban J connectivity index is 2.49. The van der Waals surface area contributed by atoms with Gasteiger partial charge in [0.05, 0.1) is 39.6 Å². The third-order valence-corrected chi connectivity index (χ3v) is 3.51. The molecule has 0 saturated carbocycles. The molecule has 0 radical (unpaired) electrons. The lowest BCUT2D eigenvalue weighted by molar-refractivity contribution is 0.111. The molecule has 0 heterocycles. The molecule has 0 saturated heterocycles. The van der Waals surface area contributed by atoms with E-state index < -0.39 is 0 Å². The first-order valence-electron chi connectivity index (χ1n) is 7.22. The van der Waals surface area contributed by atoms with Gasteiger partial charge in [0.25, 0.3) is 0 Å². The second-order valence-corrected chi connectivity index (χ2v) is 4.82. The van der Waals surface area contributed by atoms with Gasteiger partial charge in [-0.2, -0.15) is 0 Å². The third-order valence-electron chi connectivity index (χ3n) is 3.51. The summed E-state index contributed by atoms with van der Waals surface area (Å²) in [7, 11) is 5.76. The zero-order valence-corrected chi connectivity index (χ0v) is 14.3. The minimum atomic E-state index is 0.281. The van der Waals surface area contributed by atoms with Crippen molar-refractivity contribution >= 4 is 12.6 Å². The number of hydrogen-bond donors (Lipinski definition) is 0. The van der Waals surface area contributed by atoms with Crippen LogP contribution >= 0.6 is 0 Å². The van der Waals surface area contributed by atoms with Gasteiger partial charge in [-0.25, -0.2) is 0 Å². The minimum Gasteiger partial charge on any atom is -0.496 e. The Bertz CT molecular complexity index is 667. The highest BCUT2D eigenvalue weighted by molar-refractivity contribution is 5.85. The molecular weight excluding hydrogens is 328 g/mol. The highest BCUT2D eigenvalue weighted by Crippen LogP contribution is 2.38. The van der Waals surface area contributed by atoms with Crippen molar-refractivity contribution in [2.75, 3.05) is 28.4 Å². The highest BCUT2D eigenvalue weighted by atomic mass is 16.5. The van der Waals surface area contributed by atoms with E-state index in [0.29, 0.717) is 47.1 Å². The maximum atomic E-state index is 11.2. The van der Waals surface area contributed by atoms with Gasteiger partial charge in [0.1, 0.15) is 34.5 Å². The smallest absolute Gasteiger partial charge is 0.157 e. The number of methoxy groups -OCH3 is 4. The van der Waals surface area contributed by atoms with Crippen LogP contribution in [0.2, 0.25) is 0 Å². The fraction of sp³-hybridized carbons (Fsp3) is 0.222. The van der Waals surface area contributed by atoms with Gasteiger partial charge in [-0.1, -0.05) is 0 Å². The third kappa shape index (κ3) is 3.65. The van der Waals surface area contributed by atoms with Gasteiger partial charge in [-0.3, -0.25) is 9.59 Å². The summed E-state index contributed by atoms with van der Waals surface area (Å²) in [5, 5.41) is 0. The van der Waals surface area contributed by atoms with Crippen molar-refractivity contribution in [3.05, 3.63) is 35.4 Å². The van der Waals surface area contributed by atoms with Gasteiger partial charge in [0.15, 0.2) is 12.6 Å². The summed E-state index contributed by atoms with van der Waals surface area (Å²) >= 11 is 0. The first-order chi connectivity index (χ1) is 12.1. The normalized spacial score (nSPS) is 9.92. The molecule has 0 aliphatic rings. The Kier molecular flexibility index (Phi) is 5.84. The van der Waals surface area contributed by atoms with E-state index in [9.17, 15) is 9.59 Å². The van der Waals surface area contributed by atoms with Gasteiger partial charge >= 0.3 is 0 Å². The van der Waals surface area contributed by atoms with Crippen LogP contribution in [0.25, 0.3) is 0 Å². The SMILES string of the molecule is COc1cc(Oc2cc(OC)c(C=O)c(OC)c2)cc(OC)c1C=O. The summed E-state index contributed by atoms with van der Waals surface area (Å²) in [5.41, 5.74) is 0.563. The van der Waals surface area contributed by atoms with Gasteiger partial charge in [0.2, 0.25) is 0 Å². The monoisotopic (exact) mass is 346 g/mol. The first-order valence-corrected chi connectivity index (χ1v) is 7.22. The fourth-order valence-electron chi connectivity index (χ4n) is 2.32. The van der Waals surface area contributed by atoms with E-state index in [1.807, 2.05) is 0 Å². The molecule has 2 aromatic carbocycles. The summed E-state index contributed by atoms with van der Waals surface area (Å²) < 4.78 is 26.6. The number of aldehydes is 2. The topological polar surface area (TPSA) is 80.3 Å². The first kappa shape index (κ1) is 18.1. The Hall–Kier alpha value is -3.22. The molecule has 0 amide bonds. The predicted octanol–water partition coefficient (Wildman–Crippen LogP) is 3.14. The molecule has 0 bridgehead atoms. The molecule has 7 heteroatoms. The highest BCUT2D eigenvalue weighted by Gasteiger charge is 2.16. The molecule has 0 fully saturated rings. The van der Waals surface area contributed by atoms with E-state index in [1.54, 1.807) is 24.3 Å². The summed E-state index contributed by atoms with van der Waals surface area (Å²) in [6, 6.07) is 6.22. The fourth-order valence-corrected chi connectivity index (χ4v) is 2.32. The zero-order valence-electron chi connectivity index (χ0n) is 14.3. The van der Waals surface area contributed by atoms with Crippen LogP contribution in [0.3, 0.4) is 0 Å². The standard InChI is InChI=1S/C18H18O7/c1-21-15-5-11(6-16(22-2)13(15)9-19)25-12-7-17(23-3)14(10-20)18(8-12)24-4/h5-10H,1-4H3. The molecule has 2 aromatic rings. The Morgan fingerprint density at radius 2 is 0.880 bits per heavy atom. The lowest BCUT2D eigenvalue weighted by Gasteiger charge is -2.15. The van der Waals surface area contributed by atoms with E-state index >= 15 is 0 Å². The lowest BCUT2D eigenvalue weighted by Crippen LogP contribution is -1.99. The van der Waals surface area contributed by atoms with E-state index in [1.165, 1.54) is 28.4 Å². The molecule has 0 aliphatic carbocycles. The molecule has 0 N–H and O–H groups in total. The molecule has 0 aromatic heterocycles. The maximum Gasteiger partial charge on any atom is 0.157 e. The van der Waals surface area contributed by atoms with Gasteiger partial charge in [-0.15, -0.1) is 0 Å². The van der Waals surface area contributed by atoms with Gasteiger partial charge < -0.3 is 23.7 Å². The summed E-state index contributed by atoms with van der Waals surface area (Å²) in [5.74, 6) is 2.01. The molecule has 25 heavy (non-hydrogen) atoms. The van der Waals surface area contributed by atoms with Crippen molar-refractivity contribution in [3.8, 4) is 34.5 Å². The Labute approximate surface area is 145 Å². The van der Waals surface area contributed by atoms with Crippen molar-refractivity contribution in [3.63, 3.8) is 0 Å². The van der Waals surface area contributed by atoms with Crippen molar-refractivity contribution < 1.29 is 33.3 Å². The molecule has 0 spiro atoms. The van der Waals surface area contributed by atoms with E-state index in [-0.39, 0.29) is 11.1 Å². The largest absolute Gasteiger partial charge is 0.496 e. The average molecular weight is 346 g/mol. The van der Waals surface area contributed by atoms with Crippen LogP contribution in [0.15, 0.2) is 24.3 Å². The molecule has 0 unspecified atom stereocenters. The van der Waals surface area contributed by atoms with E-state index in [0.717, 1.165) is 0 Å². The van der Waals surface area contributed by atoms with Crippen molar-refractivity contribution in [2.24, 2.45) is 0 Å². The van der Waals surface area contributed by atoms with Crippen molar-refractivity contribution in [1.82, 2.24) is 0 Å². The second kappa shape index (κ2) is 8.05. The number of carbonyl (C=O) groups excluding carboxylic acids is 2. The van der Waals surface area contributed by atoms with Crippen molar-refractivity contribution in [1.29, 1.82) is 0 Å². The number of hydrogen-bond acceptors (Lipinski definition) is 7. The van der Waals surface area contributed by atoms with Crippen LogP contribution < -0.4 is 23.7 Å². The minimum absolute atomic E-state index is 0.281. The molecule has 0 aliphatic heterocycles. The molecule has 132 valence electrons. The van der Waals surface area contributed by atoms with Crippen LogP contribution in [0.4, 0.5) is 0 Å². The summed E-state index contributed by atoms with van der Waals surface area (Å²) in [6.45, 7) is 0. The number of carbonyl (C=O) groups is 2. The average Bonchev–Trinajstić information content (AvgIpc) is 2.65. The zero-order chi connectivity index (χ0) is 18.4. The summed E-state index contributed by atoms with van der Waals surface area (Å²) in [6.07, 6.45) is 1.29. The second-order valence-electron chi connectivity index (χ2n) is 4.82.